The molecule has 0 amide bonds. The van der Waals surface area contributed by atoms with Gasteiger partial charge in [-0.15, -0.1) is 0 Å². The maximum Gasteiger partial charge on any atom is 0.346 e. The number of ether oxygens (including phenoxy) is 1. The van der Waals surface area contributed by atoms with Crippen LogP contribution in [0.3, 0.4) is 0 Å². The minimum Gasteiger partial charge on any atom is -0.464 e. The summed E-state index contributed by atoms with van der Waals surface area (Å²) in [5.41, 5.74) is -2.10. The standard InChI is InChI=1S/C29H46O5/c1-7-34-26(32)29(33)16-28(6)21-13-14-27(5)19(18(4)10-8-9-17(2)3)11-12-20(27)24(21)23(30)15-22(28)25(29)31/h15,17-21,23-24,30,33H,7-14,16H2,1-6H3/t18?,19-,20?,21+,23+,24+,27-,28-,29+/m1/s1. The number of fused-ring (bicyclic) bond motifs is 5. The summed E-state index contributed by atoms with van der Waals surface area (Å²) in [6.07, 6.45) is 9.20. The molecule has 0 radical (unpaired) electrons. The van der Waals surface area contributed by atoms with E-state index in [1.165, 1.54) is 25.7 Å². The molecule has 0 bridgehead atoms. The number of rotatable bonds is 7. The molecule has 4 aliphatic carbocycles. The van der Waals surface area contributed by atoms with E-state index in [0.717, 1.165) is 25.2 Å². The summed E-state index contributed by atoms with van der Waals surface area (Å²) in [5, 5.41) is 22.5. The molecule has 0 saturated heterocycles. The van der Waals surface area contributed by atoms with Crippen molar-refractivity contribution < 1.29 is 24.5 Å². The van der Waals surface area contributed by atoms with Gasteiger partial charge < -0.3 is 14.9 Å². The van der Waals surface area contributed by atoms with Crippen LogP contribution in [-0.2, 0) is 14.3 Å². The Hall–Kier alpha value is -1.20. The van der Waals surface area contributed by atoms with Crippen LogP contribution >= 0.6 is 0 Å². The smallest absolute Gasteiger partial charge is 0.346 e. The fourth-order valence-corrected chi connectivity index (χ4v) is 8.92. The summed E-state index contributed by atoms with van der Waals surface area (Å²) in [6, 6.07) is 0. The maximum atomic E-state index is 13.3. The summed E-state index contributed by atoms with van der Waals surface area (Å²) in [7, 11) is 0. The minimum atomic E-state index is -2.13. The number of carbonyl (C=O) groups excluding carboxylic acids is 2. The highest BCUT2D eigenvalue weighted by atomic mass is 16.5. The quantitative estimate of drug-likeness (QED) is 0.397. The molecule has 0 aliphatic heterocycles. The lowest BCUT2D eigenvalue weighted by Crippen LogP contribution is -2.53. The Balaban J connectivity index is 1.59. The van der Waals surface area contributed by atoms with Crippen molar-refractivity contribution in [1.82, 2.24) is 0 Å². The van der Waals surface area contributed by atoms with Crippen molar-refractivity contribution in [2.24, 2.45) is 46.3 Å². The number of carbonyl (C=O) groups is 2. The van der Waals surface area contributed by atoms with Crippen LogP contribution in [0.4, 0.5) is 0 Å². The average molecular weight is 475 g/mol. The fourth-order valence-electron chi connectivity index (χ4n) is 8.92. The van der Waals surface area contributed by atoms with Crippen molar-refractivity contribution in [1.29, 1.82) is 0 Å². The van der Waals surface area contributed by atoms with Crippen molar-refractivity contribution in [3.05, 3.63) is 11.6 Å². The molecule has 2 unspecified atom stereocenters. The molecule has 0 spiro atoms. The Morgan fingerprint density at radius 2 is 1.85 bits per heavy atom. The van der Waals surface area contributed by atoms with Crippen LogP contribution in [-0.4, -0.2) is 40.3 Å². The maximum absolute atomic E-state index is 13.3. The van der Waals surface area contributed by atoms with Crippen LogP contribution < -0.4 is 0 Å². The van der Waals surface area contributed by atoms with Crippen molar-refractivity contribution in [3.63, 3.8) is 0 Å². The highest BCUT2D eigenvalue weighted by Crippen LogP contribution is 2.68. The first-order valence-corrected chi connectivity index (χ1v) is 13.7. The lowest BCUT2D eigenvalue weighted by molar-refractivity contribution is -0.169. The number of hydrogen-bond donors (Lipinski definition) is 2. The minimum absolute atomic E-state index is 0.0653. The Bertz CT molecular complexity index is 847. The van der Waals surface area contributed by atoms with Crippen molar-refractivity contribution in [2.75, 3.05) is 6.61 Å². The number of Topliss-reactive ketones (excluding diaryl/α,β-unsaturated/α-hetero) is 1. The number of hydrogen-bond acceptors (Lipinski definition) is 5. The predicted molar refractivity (Wildman–Crippen MR) is 132 cm³/mol. The van der Waals surface area contributed by atoms with Crippen LogP contribution in [0.5, 0.6) is 0 Å². The molecule has 5 nitrogen and oxygen atoms in total. The van der Waals surface area contributed by atoms with Crippen molar-refractivity contribution in [3.8, 4) is 0 Å². The number of aliphatic hydroxyl groups is 2. The monoisotopic (exact) mass is 474 g/mol. The average Bonchev–Trinajstić information content (AvgIpc) is 3.21. The number of esters is 1. The van der Waals surface area contributed by atoms with Gasteiger partial charge in [-0.25, -0.2) is 4.79 Å². The molecule has 9 atom stereocenters. The lowest BCUT2D eigenvalue weighted by atomic mass is 9.48. The molecular formula is C29H46O5. The van der Waals surface area contributed by atoms with Crippen molar-refractivity contribution in [2.45, 2.75) is 105 Å². The molecule has 3 fully saturated rings. The van der Waals surface area contributed by atoms with Crippen LogP contribution in [0, 0.1) is 46.3 Å². The van der Waals surface area contributed by atoms with E-state index in [1.807, 2.05) is 6.92 Å². The van der Waals surface area contributed by atoms with Gasteiger partial charge in [0.25, 0.3) is 0 Å². The first-order valence-electron chi connectivity index (χ1n) is 13.7. The molecule has 3 saturated carbocycles. The van der Waals surface area contributed by atoms with E-state index in [0.29, 0.717) is 23.3 Å². The van der Waals surface area contributed by atoms with Gasteiger partial charge in [-0.3, -0.25) is 4.79 Å². The summed E-state index contributed by atoms with van der Waals surface area (Å²) >= 11 is 0. The second kappa shape index (κ2) is 9.03. The molecule has 4 rings (SSSR count). The third kappa shape index (κ3) is 3.80. The van der Waals surface area contributed by atoms with E-state index in [-0.39, 0.29) is 30.3 Å². The summed E-state index contributed by atoms with van der Waals surface area (Å²) in [4.78, 5) is 25.9. The summed E-state index contributed by atoms with van der Waals surface area (Å²) in [5.74, 6) is 1.23. The van der Waals surface area contributed by atoms with Gasteiger partial charge in [0.2, 0.25) is 11.4 Å². The van der Waals surface area contributed by atoms with E-state index < -0.39 is 28.9 Å². The van der Waals surface area contributed by atoms with Crippen LogP contribution in [0.1, 0.15) is 92.9 Å². The lowest BCUT2D eigenvalue weighted by Gasteiger charge is -2.56. The predicted octanol–water partition coefficient (Wildman–Crippen LogP) is 5.08. The molecular weight excluding hydrogens is 428 g/mol. The van der Waals surface area contributed by atoms with Crippen molar-refractivity contribution >= 4 is 11.8 Å². The second-order valence-electron chi connectivity index (χ2n) is 12.9. The zero-order valence-electron chi connectivity index (χ0n) is 22.1. The van der Waals surface area contributed by atoms with Gasteiger partial charge >= 0.3 is 5.97 Å². The third-order valence-electron chi connectivity index (χ3n) is 10.6. The van der Waals surface area contributed by atoms with Crippen LogP contribution in [0.2, 0.25) is 0 Å². The Morgan fingerprint density at radius 1 is 1.15 bits per heavy atom. The second-order valence-corrected chi connectivity index (χ2v) is 12.9. The molecule has 5 heteroatoms. The zero-order valence-corrected chi connectivity index (χ0v) is 22.1. The molecule has 2 N–H and O–H groups in total. The van der Waals surface area contributed by atoms with Gasteiger partial charge in [-0.2, -0.15) is 0 Å². The molecule has 34 heavy (non-hydrogen) atoms. The van der Waals surface area contributed by atoms with Crippen LogP contribution in [0.15, 0.2) is 11.6 Å². The molecule has 4 aliphatic rings. The number of aliphatic hydroxyl groups excluding tert-OH is 1. The number of ketones is 1. The van der Waals surface area contributed by atoms with E-state index in [9.17, 15) is 19.8 Å². The van der Waals surface area contributed by atoms with Gasteiger partial charge in [0.05, 0.1) is 12.7 Å². The zero-order chi connectivity index (χ0) is 25.1. The van der Waals surface area contributed by atoms with Gasteiger partial charge in [0.15, 0.2) is 0 Å². The van der Waals surface area contributed by atoms with E-state index in [2.05, 4.69) is 27.7 Å². The highest BCUT2D eigenvalue weighted by Gasteiger charge is 2.68. The van der Waals surface area contributed by atoms with Gasteiger partial charge in [-0.05, 0) is 79.6 Å². The summed E-state index contributed by atoms with van der Waals surface area (Å²) in [6.45, 7) is 13.3. The van der Waals surface area contributed by atoms with E-state index >= 15 is 0 Å². The van der Waals surface area contributed by atoms with E-state index in [1.54, 1.807) is 13.0 Å². The van der Waals surface area contributed by atoms with Gasteiger partial charge in [0, 0.05) is 17.4 Å². The SMILES string of the molecule is CCOC(=O)[C@]1(O)C[C@@]2(C)C(=C[C@H](O)[C@H]3C4CC[C@H](C(C)CCCC(C)C)[C@@]4(C)CC[C@@H]32)C1=O. The molecule has 0 heterocycles. The fraction of sp³-hybridized carbons (Fsp3) is 0.862. The molecule has 192 valence electrons. The molecule has 0 aromatic heterocycles. The molecule has 0 aromatic carbocycles. The Kier molecular flexibility index (Phi) is 6.87. The Morgan fingerprint density at radius 3 is 2.50 bits per heavy atom. The highest BCUT2D eigenvalue weighted by molar-refractivity contribution is 6.18. The third-order valence-corrected chi connectivity index (χ3v) is 10.6. The Labute approximate surface area is 205 Å². The van der Waals surface area contributed by atoms with E-state index in [4.69, 9.17) is 4.74 Å². The summed E-state index contributed by atoms with van der Waals surface area (Å²) < 4.78 is 5.09. The first kappa shape index (κ1) is 25.9. The normalized spacial score (nSPS) is 44.3. The topological polar surface area (TPSA) is 83.8 Å². The largest absolute Gasteiger partial charge is 0.464 e. The van der Waals surface area contributed by atoms with Gasteiger partial charge in [0.1, 0.15) is 0 Å². The van der Waals surface area contributed by atoms with Gasteiger partial charge in [-0.1, -0.05) is 53.9 Å². The van der Waals surface area contributed by atoms with Crippen LogP contribution in [0.25, 0.3) is 0 Å². The molecule has 0 aromatic rings. The first-order chi connectivity index (χ1) is 15.9.